The fourth-order valence-corrected chi connectivity index (χ4v) is 14.1. The van der Waals surface area contributed by atoms with Crippen molar-refractivity contribution in [3.8, 4) is 0 Å². The van der Waals surface area contributed by atoms with Gasteiger partial charge in [0.2, 0.25) is 5.91 Å². The Morgan fingerprint density at radius 1 is 0.336 bits per heavy atom. The van der Waals surface area contributed by atoms with Crippen LogP contribution in [0.3, 0.4) is 0 Å². The fraction of sp³-hybridized carbons (Fsp3) is 0.769. The summed E-state index contributed by atoms with van der Waals surface area (Å²) < 4.78 is 34.5. The van der Waals surface area contributed by atoms with Crippen molar-refractivity contribution in [2.45, 2.75) is 420 Å². The summed E-state index contributed by atoms with van der Waals surface area (Å²) in [6.07, 6.45) is 71.9. The molecule has 17 atom stereocenters. The van der Waals surface area contributed by atoms with E-state index in [1.807, 2.05) is 6.08 Å². The Bertz CT molecular complexity index is 2460. The average molecular weight is 1550 g/mol. The normalized spacial score (nSPS) is 25.8. The lowest BCUT2D eigenvalue weighted by Gasteiger charge is -2.48. The largest absolute Gasteiger partial charge is 0.394 e. The van der Waals surface area contributed by atoms with E-state index in [0.29, 0.717) is 12.8 Å². The van der Waals surface area contributed by atoms with Gasteiger partial charge in [0.25, 0.3) is 0 Å². The van der Waals surface area contributed by atoms with Crippen molar-refractivity contribution in [2.24, 2.45) is 0 Å². The highest BCUT2D eigenvalue weighted by molar-refractivity contribution is 5.76. The number of carbonyl (C=O) groups is 1. The highest BCUT2D eigenvalue weighted by atomic mass is 16.8. The fourth-order valence-electron chi connectivity index (χ4n) is 14.1. The molecule has 634 valence electrons. The van der Waals surface area contributed by atoms with E-state index in [1.54, 1.807) is 6.08 Å². The van der Waals surface area contributed by atoms with Gasteiger partial charge in [-0.2, -0.15) is 0 Å². The minimum Gasteiger partial charge on any atom is -0.394 e. The molecule has 3 fully saturated rings. The van der Waals surface area contributed by atoms with Crippen molar-refractivity contribution in [1.82, 2.24) is 5.32 Å². The Kier molecular flexibility index (Phi) is 63.4. The van der Waals surface area contributed by atoms with E-state index in [9.17, 15) is 61.0 Å². The van der Waals surface area contributed by atoms with Crippen LogP contribution < -0.4 is 5.32 Å². The van der Waals surface area contributed by atoms with Gasteiger partial charge < -0.3 is 89.9 Å². The highest BCUT2D eigenvalue weighted by Gasteiger charge is 2.54. The Hall–Kier alpha value is -3.81. The molecule has 0 aliphatic carbocycles. The molecule has 19 heteroatoms. The number of unbranched alkanes of at least 4 members (excludes halogenated alkanes) is 35. The molecule has 0 saturated carbocycles. The number of hydrogen-bond donors (Lipinski definition) is 12. The molecule has 17 unspecified atom stereocenters. The summed E-state index contributed by atoms with van der Waals surface area (Å²) in [5.74, 6) is -0.292. The molecular formula is C91H157NO18. The van der Waals surface area contributed by atoms with Crippen LogP contribution >= 0.6 is 0 Å². The van der Waals surface area contributed by atoms with Crippen LogP contribution in [0.1, 0.15) is 316 Å². The molecule has 1 amide bonds. The van der Waals surface area contributed by atoms with Gasteiger partial charge in [0.15, 0.2) is 18.9 Å². The lowest BCUT2D eigenvalue weighted by atomic mass is 9.96. The number of hydrogen-bond acceptors (Lipinski definition) is 18. The Morgan fingerprint density at radius 2 is 0.636 bits per heavy atom. The number of aliphatic hydroxyl groups excluding tert-OH is 11. The molecule has 12 N–H and O–H groups in total. The molecule has 0 aromatic carbocycles. The number of rotatable bonds is 69. The van der Waals surface area contributed by atoms with Crippen molar-refractivity contribution in [2.75, 3.05) is 26.4 Å². The summed E-state index contributed by atoms with van der Waals surface area (Å²) in [6, 6.07) is -1.00. The van der Waals surface area contributed by atoms with Crippen LogP contribution in [-0.2, 0) is 33.2 Å². The lowest BCUT2D eigenvalue weighted by Crippen LogP contribution is -2.66. The lowest BCUT2D eigenvalue weighted by molar-refractivity contribution is -0.379. The molecule has 0 aromatic heterocycles. The SMILES string of the molecule is CC/C=C\C/C=C\C/C=C\C/C=C\C/C=C\C/C=C\C/C=C\C/C=C\CCCCCCCCCCCCC(=O)NC(COC1OC(CO)C(OC2OC(CO)C(OC3OC(CO)C(O)C(O)C3O)C(O)C2O)C(O)C1O)C(O)/C=C/CC/C=C/CCCCCCCCCCCCCCCCCCCCCCCCCC. The van der Waals surface area contributed by atoms with Crippen LogP contribution in [0.4, 0.5) is 0 Å². The van der Waals surface area contributed by atoms with Crippen LogP contribution in [0.15, 0.2) is 122 Å². The van der Waals surface area contributed by atoms with Crippen LogP contribution in [-0.4, -0.2) is 193 Å². The van der Waals surface area contributed by atoms with Gasteiger partial charge in [-0.3, -0.25) is 4.79 Å². The Balaban J connectivity index is 1.36. The van der Waals surface area contributed by atoms with E-state index >= 15 is 0 Å². The summed E-state index contributed by atoms with van der Waals surface area (Å²) in [5.41, 5.74) is 0. The van der Waals surface area contributed by atoms with Crippen molar-refractivity contribution >= 4 is 5.91 Å². The number of ether oxygens (including phenoxy) is 6. The van der Waals surface area contributed by atoms with Gasteiger partial charge in [-0.1, -0.05) is 334 Å². The van der Waals surface area contributed by atoms with Gasteiger partial charge in [-0.05, 0) is 96.3 Å². The molecule has 3 heterocycles. The molecule has 19 nitrogen and oxygen atoms in total. The second kappa shape index (κ2) is 69.5. The first-order valence-electron chi connectivity index (χ1n) is 43.8. The van der Waals surface area contributed by atoms with Crippen molar-refractivity contribution < 1.29 is 89.4 Å². The number of nitrogens with one attached hydrogen (secondary N) is 1. The Labute approximate surface area is 665 Å². The number of carbonyl (C=O) groups excluding carboxylic acids is 1. The van der Waals surface area contributed by atoms with Crippen LogP contribution in [0.5, 0.6) is 0 Å². The smallest absolute Gasteiger partial charge is 0.220 e. The third-order valence-electron chi connectivity index (χ3n) is 21.0. The van der Waals surface area contributed by atoms with E-state index in [4.69, 9.17) is 28.4 Å². The maximum atomic E-state index is 13.5. The van der Waals surface area contributed by atoms with Gasteiger partial charge in [0.05, 0.1) is 38.6 Å². The van der Waals surface area contributed by atoms with Gasteiger partial charge in [0, 0.05) is 6.42 Å². The second-order valence-electron chi connectivity index (χ2n) is 30.6. The molecule has 3 aliphatic rings. The summed E-state index contributed by atoms with van der Waals surface area (Å²) in [6.45, 7) is 1.63. The molecular weight excluding hydrogens is 1390 g/mol. The first-order chi connectivity index (χ1) is 53.8. The minimum atomic E-state index is -1.99. The van der Waals surface area contributed by atoms with Gasteiger partial charge in [0.1, 0.15) is 73.2 Å². The predicted octanol–water partition coefficient (Wildman–Crippen LogP) is 16.2. The maximum absolute atomic E-state index is 13.5. The highest BCUT2D eigenvalue weighted by Crippen LogP contribution is 2.33. The van der Waals surface area contributed by atoms with Gasteiger partial charge in [-0.15, -0.1) is 0 Å². The summed E-state index contributed by atoms with van der Waals surface area (Å²) in [4.78, 5) is 13.5. The molecule has 3 rings (SSSR count). The molecule has 0 spiro atoms. The van der Waals surface area contributed by atoms with Crippen molar-refractivity contribution in [3.63, 3.8) is 0 Å². The molecule has 0 aromatic rings. The number of aliphatic hydroxyl groups is 11. The first kappa shape index (κ1) is 100. The second-order valence-corrected chi connectivity index (χ2v) is 30.6. The third-order valence-corrected chi connectivity index (χ3v) is 21.0. The van der Waals surface area contributed by atoms with E-state index in [-0.39, 0.29) is 18.9 Å². The van der Waals surface area contributed by atoms with Crippen LogP contribution in [0.2, 0.25) is 0 Å². The first-order valence-corrected chi connectivity index (χ1v) is 43.8. The van der Waals surface area contributed by atoms with E-state index in [0.717, 1.165) is 103 Å². The number of amides is 1. The average Bonchev–Trinajstić information content (AvgIpc) is 0.795. The zero-order valence-corrected chi connectivity index (χ0v) is 68.2. The van der Waals surface area contributed by atoms with Gasteiger partial charge >= 0.3 is 0 Å². The third kappa shape index (κ3) is 47.9. The van der Waals surface area contributed by atoms with Crippen LogP contribution in [0, 0.1) is 0 Å². The zero-order chi connectivity index (χ0) is 79.5. The predicted molar refractivity (Wildman–Crippen MR) is 443 cm³/mol. The molecule has 0 bridgehead atoms. The van der Waals surface area contributed by atoms with Crippen molar-refractivity contribution in [3.05, 3.63) is 122 Å². The molecule has 3 aliphatic heterocycles. The topological polar surface area (TPSA) is 307 Å². The molecule has 110 heavy (non-hydrogen) atoms. The standard InChI is InChI=1S/C91H157NO18/c1-3-5-7-9-11-13-15-17-19-21-23-25-27-29-31-33-35-36-37-38-39-41-43-45-47-49-51-53-55-57-59-61-63-65-67-69-79(97)92-74(75(96)68-66-64-62-60-58-56-54-52-50-48-46-44-42-40-34-32-30-28-26-24-22-20-18-16-14-12-10-8-6-4-2)73-105-89-85(103)82(100)87(77(71-94)107-89)110-91-86(104)83(101)88(78(72-95)108-91)109-90-84(102)81(99)80(98)76(70-93)106-90/h5,7,11,13,17,19,23,25,29,31,35-36,38-39,43,45,58,60,66,68,74-78,80-91,93-96,98-104H,3-4,6,8-10,12,14-16,18,20-22,24,26-28,30,32-34,37,40-42,44,46-57,59,61-65,67,69-73H2,1-2H3,(H,92,97)/b7-5-,13-11-,19-17-,25-23-,31-29-,36-35-,39-38-,45-43-,60-58+,68-66+. The summed E-state index contributed by atoms with van der Waals surface area (Å²) >= 11 is 0. The van der Waals surface area contributed by atoms with E-state index in [1.165, 1.54) is 180 Å². The van der Waals surface area contributed by atoms with Crippen molar-refractivity contribution in [1.29, 1.82) is 0 Å². The van der Waals surface area contributed by atoms with E-state index in [2.05, 4.69) is 129 Å². The monoisotopic (exact) mass is 1550 g/mol. The summed E-state index contributed by atoms with van der Waals surface area (Å²) in [7, 11) is 0. The molecule has 0 radical (unpaired) electrons. The van der Waals surface area contributed by atoms with Gasteiger partial charge in [-0.25, -0.2) is 0 Å². The van der Waals surface area contributed by atoms with E-state index < -0.39 is 124 Å². The quantitative estimate of drug-likeness (QED) is 0.0199. The Morgan fingerprint density at radius 3 is 1.02 bits per heavy atom. The zero-order valence-electron chi connectivity index (χ0n) is 68.2. The molecule has 3 saturated heterocycles. The number of allylic oxidation sites excluding steroid dienone is 19. The maximum Gasteiger partial charge on any atom is 0.220 e. The summed E-state index contributed by atoms with van der Waals surface area (Å²) in [5, 5.41) is 121. The van der Waals surface area contributed by atoms with Crippen LogP contribution in [0.25, 0.3) is 0 Å². The minimum absolute atomic E-state index is 0.223.